The van der Waals surface area contributed by atoms with Gasteiger partial charge in [-0.15, -0.1) is 0 Å². The fourth-order valence-electron chi connectivity index (χ4n) is 1.00. The van der Waals surface area contributed by atoms with Gasteiger partial charge in [-0.25, -0.2) is 0 Å². The van der Waals surface area contributed by atoms with E-state index in [0.717, 1.165) is 10.0 Å². The van der Waals surface area contributed by atoms with Gasteiger partial charge in [0, 0.05) is 11.0 Å². The number of hydrogen-bond donors (Lipinski definition) is 3. The van der Waals surface area contributed by atoms with Crippen LogP contribution in [-0.4, -0.2) is 17.6 Å². The molecular formula is C9H12BrN3O. The minimum atomic E-state index is 0.178. The van der Waals surface area contributed by atoms with Gasteiger partial charge in [0.2, 0.25) is 0 Å². The van der Waals surface area contributed by atoms with Crippen LogP contribution < -0.4 is 11.1 Å². The third-order valence-corrected chi connectivity index (χ3v) is 2.48. The van der Waals surface area contributed by atoms with Gasteiger partial charge in [0.05, 0.1) is 6.54 Å². The van der Waals surface area contributed by atoms with Gasteiger partial charge < -0.3 is 16.3 Å². The molecule has 0 saturated heterocycles. The molecule has 0 saturated carbocycles. The van der Waals surface area contributed by atoms with E-state index in [0.29, 0.717) is 13.1 Å². The van der Waals surface area contributed by atoms with Gasteiger partial charge in [-0.05, 0) is 11.6 Å². The quantitative estimate of drug-likeness (QED) is 0.330. The highest BCUT2D eigenvalue weighted by Crippen LogP contribution is 2.14. The van der Waals surface area contributed by atoms with Crippen LogP contribution in [0.25, 0.3) is 0 Å². The van der Waals surface area contributed by atoms with Gasteiger partial charge in [-0.2, -0.15) is 0 Å². The van der Waals surface area contributed by atoms with Crippen molar-refractivity contribution in [3.63, 3.8) is 0 Å². The van der Waals surface area contributed by atoms with E-state index in [2.05, 4.69) is 26.4 Å². The van der Waals surface area contributed by atoms with E-state index in [-0.39, 0.29) is 5.84 Å². The zero-order valence-corrected chi connectivity index (χ0v) is 9.16. The second-order valence-electron chi connectivity index (χ2n) is 2.79. The Morgan fingerprint density at radius 1 is 1.50 bits per heavy atom. The van der Waals surface area contributed by atoms with Crippen molar-refractivity contribution < 1.29 is 5.21 Å². The number of nitrogens with one attached hydrogen (secondary N) is 1. The summed E-state index contributed by atoms with van der Waals surface area (Å²) in [7, 11) is 0. The van der Waals surface area contributed by atoms with E-state index in [9.17, 15) is 0 Å². The van der Waals surface area contributed by atoms with Crippen LogP contribution in [0.2, 0.25) is 0 Å². The maximum absolute atomic E-state index is 8.30. The molecule has 14 heavy (non-hydrogen) atoms. The molecule has 4 nitrogen and oxygen atoms in total. The van der Waals surface area contributed by atoms with Crippen molar-refractivity contribution in [2.45, 2.75) is 6.54 Å². The normalized spacial score (nSPS) is 11.6. The average molecular weight is 258 g/mol. The van der Waals surface area contributed by atoms with Gasteiger partial charge in [0.25, 0.3) is 0 Å². The molecule has 0 atom stereocenters. The summed E-state index contributed by atoms with van der Waals surface area (Å²) in [6.07, 6.45) is 0. The van der Waals surface area contributed by atoms with Crippen LogP contribution in [0.1, 0.15) is 5.56 Å². The molecule has 76 valence electrons. The fraction of sp³-hybridized carbons (Fsp3) is 0.222. The van der Waals surface area contributed by atoms with Crippen LogP contribution in [-0.2, 0) is 6.54 Å². The highest BCUT2D eigenvalue weighted by Gasteiger charge is 1.98. The number of amidine groups is 1. The number of benzene rings is 1. The third kappa shape index (κ3) is 3.35. The number of nitrogens with zero attached hydrogens (tertiary/aromatic N) is 1. The Hall–Kier alpha value is -1.07. The van der Waals surface area contributed by atoms with Crippen molar-refractivity contribution in [2.75, 3.05) is 6.54 Å². The van der Waals surface area contributed by atoms with Gasteiger partial charge in [0.1, 0.15) is 0 Å². The van der Waals surface area contributed by atoms with E-state index < -0.39 is 0 Å². The van der Waals surface area contributed by atoms with Crippen LogP contribution in [0.5, 0.6) is 0 Å². The lowest BCUT2D eigenvalue weighted by Gasteiger charge is -2.05. The monoisotopic (exact) mass is 257 g/mol. The number of hydrogen-bond acceptors (Lipinski definition) is 3. The highest BCUT2D eigenvalue weighted by atomic mass is 79.9. The summed E-state index contributed by atoms with van der Waals surface area (Å²) in [5.41, 5.74) is 6.44. The molecule has 0 unspecified atom stereocenters. The fourth-order valence-corrected chi connectivity index (χ4v) is 1.43. The minimum Gasteiger partial charge on any atom is -0.409 e. The molecule has 0 amide bonds. The van der Waals surface area contributed by atoms with E-state index in [1.807, 2.05) is 24.3 Å². The van der Waals surface area contributed by atoms with Crippen molar-refractivity contribution in [1.82, 2.24) is 5.32 Å². The van der Waals surface area contributed by atoms with Crippen LogP contribution in [0.3, 0.4) is 0 Å². The lowest BCUT2D eigenvalue weighted by Crippen LogP contribution is -2.28. The number of rotatable bonds is 4. The maximum Gasteiger partial charge on any atom is 0.153 e. The molecule has 0 aromatic heterocycles. The maximum atomic E-state index is 8.30. The molecule has 0 aliphatic rings. The molecule has 1 rings (SSSR count). The molecule has 1 aromatic carbocycles. The topological polar surface area (TPSA) is 70.6 Å². The molecule has 0 aliphatic heterocycles. The Morgan fingerprint density at radius 2 is 2.21 bits per heavy atom. The number of halogens is 1. The first kappa shape index (κ1) is 11.0. The van der Waals surface area contributed by atoms with Crippen LogP contribution in [0, 0.1) is 0 Å². The molecule has 0 spiro atoms. The molecule has 0 aliphatic carbocycles. The molecule has 0 radical (unpaired) electrons. The lowest BCUT2D eigenvalue weighted by molar-refractivity contribution is 0.317. The van der Waals surface area contributed by atoms with Crippen LogP contribution in [0.15, 0.2) is 33.9 Å². The molecular weight excluding hydrogens is 246 g/mol. The second kappa shape index (κ2) is 5.62. The first-order valence-electron chi connectivity index (χ1n) is 4.14. The summed E-state index contributed by atoms with van der Waals surface area (Å²) in [5.74, 6) is 0.178. The van der Waals surface area contributed by atoms with Crippen LogP contribution in [0.4, 0.5) is 0 Å². The Morgan fingerprint density at radius 3 is 2.86 bits per heavy atom. The molecule has 0 bridgehead atoms. The van der Waals surface area contributed by atoms with Crippen molar-refractivity contribution in [3.8, 4) is 0 Å². The molecule has 0 fully saturated rings. The summed E-state index contributed by atoms with van der Waals surface area (Å²) in [6.45, 7) is 1.05. The summed E-state index contributed by atoms with van der Waals surface area (Å²) in [5, 5.41) is 14.2. The predicted molar refractivity (Wildman–Crippen MR) is 59.3 cm³/mol. The molecule has 1 aromatic rings. The first-order chi connectivity index (χ1) is 6.74. The van der Waals surface area contributed by atoms with E-state index in [1.54, 1.807) is 0 Å². The largest absolute Gasteiger partial charge is 0.409 e. The van der Waals surface area contributed by atoms with Crippen molar-refractivity contribution in [1.29, 1.82) is 0 Å². The minimum absolute atomic E-state index is 0.178. The Balaban J connectivity index is 2.43. The number of oxime groups is 1. The highest BCUT2D eigenvalue weighted by molar-refractivity contribution is 9.10. The summed E-state index contributed by atoms with van der Waals surface area (Å²) in [4.78, 5) is 0. The van der Waals surface area contributed by atoms with Gasteiger partial charge >= 0.3 is 0 Å². The zero-order chi connectivity index (χ0) is 10.4. The second-order valence-corrected chi connectivity index (χ2v) is 3.64. The standard InChI is InChI=1S/C9H12BrN3O/c10-8-4-2-1-3-7(8)5-12-6-9(11)13-14/h1-4,12,14H,5-6H2,(H2,11,13). The third-order valence-electron chi connectivity index (χ3n) is 1.71. The summed E-state index contributed by atoms with van der Waals surface area (Å²) >= 11 is 3.43. The van der Waals surface area contributed by atoms with Gasteiger partial charge in [0.15, 0.2) is 5.84 Å². The van der Waals surface area contributed by atoms with Crippen molar-refractivity contribution in [3.05, 3.63) is 34.3 Å². The summed E-state index contributed by atoms with van der Waals surface area (Å²) in [6, 6.07) is 7.90. The van der Waals surface area contributed by atoms with E-state index in [1.165, 1.54) is 0 Å². The first-order valence-corrected chi connectivity index (χ1v) is 4.94. The van der Waals surface area contributed by atoms with Crippen LogP contribution >= 0.6 is 15.9 Å². The van der Waals surface area contributed by atoms with Crippen molar-refractivity contribution in [2.24, 2.45) is 10.9 Å². The SMILES string of the molecule is NC(CNCc1ccccc1Br)=NO. The Kier molecular flexibility index (Phi) is 4.42. The Bertz CT molecular complexity index is 328. The average Bonchev–Trinajstić information content (AvgIpc) is 2.20. The predicted octanol–water partition coefficient (Wildman–Crippen LogP) is 1.29. The van der Waals surface area contributed by atoms with E-state index in [4.69, 9.17) is 10.9 Å². The molecule has 4 N–H and O–H groups in total. The molecule has 0 heterocycles. The van der Waals surface area contributed by atoms with Crippen molar-refractivity contribution >= 4 is 21.8 Å². The zero-order valence-electron chi connectivity index (χ0n) is 7.57. The lowest BCUT2D eigenvalue weighted by atomic mass is 10.2. The van der Waals surface area contributed by atoms with Gasteiger partial charge in [-0.3, -0.25) is 0 Å². The van der Waals surface area contributed by atoms with E-state index >= 15 is 0 Å². The number of nitrogens with two attached hydrogens (primary N) is 1. The Labute approximate surface area is 90.9 Å². The molecule has 5 heteroatoms. The summed E-state index contributed by atoms with van der Waals surface area (Å²) < 4.78 is 1.05. The van der Waals surface area contributed by atoms with Gasteiger partial charge in [-0.1, -0.05) is 39.3 Å². The smallest absolute Gasteiger partial charge is 0.153 e.